The van der Waals surface area contributed by atoms with E-state index in [0.29, 0.717) is 0 Å². The number of rotatable bonds is 0. The predicted octanol–water partition coefficient (Wildman–Crippen LogP) is -0.295. The Hall–Kier alpha value is 27.1. The first-order chi connectivity index (χ1) is 61.4. The Balaban J connectivity index is 6.20. The van der Waals surface area contributed by atoms with Crippen molar-refractivity contribution >= 4 is 1100 Å². The van der Waals surface area contributed by atoms with Gasteiger partial charge in [-0.1, -0.05) is 0 Å². The molecule has 0 bridgehead atoms. The first-order valence-electron chi connectivity index (χ1n) is 20.3. The molecule has 0 fully saturated rings. The van der Waals surface area contributed by atoms with Crippen molar-refractivity contribution in [1.82, 2.24) is 0 Å². The summed E-state index contributed by atoms with van der Waals surface area (Å²) in [6.07, 6.45) is 0. The molecule has 0 aromatic rings. The molecule has 0 spiro atoms. The zero-order valence-electron chi connectivity index (χ0n) is 50.2. The Kier molecular flexibility index (Phi) is 182. The lowest BCUT2D eigenvalue weighted by Crippen LogP contribution is -1.42. The Morgan fingerprint density at radius 2 is 0.0650 bits per heavy atom. The highest BCUT2D eigenvalue weighted by Gasteiger charge is 1.53. The molecule has 0 aromatic carbocycles. The molecule has 0 rings (SSSR count). The van der Waals surface area contributed by atoms with Crippen molar-refractivity contribution in [3.63, 3.8) is 0 Å². The smallest absolute Gasteiger partial charge is 0 e. The van der Waals surface area contributed by atoms with Gasteiger partial charge in [-0.3, -0.25) is 0 Å². The third kappa shape index (κ3) is 149. The fourth-order valence-electron chi connectivity index (χ4n) is 1.35. The fraction of sp³-hybridized carbons (Fsp3) is 0. The van der Waals surface area contributed by atoms with Crippen molar-refractivity contribution in [3.8, 4) is 0 Å². The Morgan fingerprint density at radius 3 is 0.0894 bits per heavy atom. The standard InChI is InChI=1S/S123/c1-3-5-7-9-11-13-15-17-19-21-23-25-27-29-31-33-35-37-39-41-43-45-47-49-51-53-55-57-59-61-63-65-67-69-71-73-75-77-79-81-83-85-87-89-91-93-95-97-99-101-103-105-107-109-111-113-115-117-119-121-123-122-120-118-116-114-112-110-108-106-104-102-100-98-96-94-92-90-88-86-84-82-80-78-76-74-72-70-68-66-64-62-60-58-56-54-52-50-48-46-44-42-40-38-36-34-32-30-28-26-24-22-20-18-16-14-12-10-8-6-4-2. The molecule has 0 aliphatic carbocycles. The molecule has 0 saturated carbocycles. The second-order valence-electron chi connectivity index (χ2n) is 8.23. The van der Waals surface area contributed by atoms with E-state index in [1.165, 1.54) is 17.8 Å². The van der Waals surface area contributed by atoms with E-state index in [4.69, 9.17) is 22.4 Å². The molecule has 0 aliphatic heterocycles. The molecule has 0 atom stereocenters. The van der Waals surface area contributed by atoms with Gasteiger partial charge in [-0.15, -0.1) is 0 Å². The minimum atomic E-state index is 1.37. The SMILES string of the molecule is S=S=S=S=S=S=S=S=S=S=S=S=S=S=S=S=S=S=S=S=S=S=S=S=S=S=S=S=S=S=S=S=S=S=S=S=S=S=S=S=S=S=S=S=S=S=S=S=S=S=S=S=S=S=S=S=S=S=S=S=S=S=S=S=S=S=S=S=S=S=S=S=S=S=S=S=S=S=S=S=S=S=S=S=S=S=S=S=S=S=S=S=S=S=S=S=S=S=S=S=S=S=S=S=S=S=S=S=S=S=S=S=S=S=S=S=S=S=S=S=S=S=S. The Bertz CT molecular complexity index is 9220. The second kappa shape index (κ2) is 149. The topological polar surface area (TPSA) is 0 Å². The lowest BCUT2D eigenvalue weighted by Gasteiger charge is -1.41. The molecule has 0 unspecified atom stereocenters. The summed E-state index contributed by atoms with van der Waals surface area (Å²) in [7, 11) is 219. The molecule has 0 aliphatic rings. The summed E-state index contributed by atoms with van der Waals surface area (Å²) >= 11 is 9.67. The highest BCUT2D eigenvalue weighted by molar-refractivity contribution is 8.90. The maximum absolute atomic E-state index is 4.83. The van der Waals surface area contributed by atoms with Crippen LogP contribution in [-0.2, 0) is 1100 Å². The average molecular weight is 3940 g/mol. The zero-order valence-corrected chi connectivity index (χ0v) is 151. The molecule has 123 heavy (non-hydrogen) atoms. The van der Waals surface area contributed by atoms with Crippen LogP contribution in [-0.4, -0.2) is 0 Å². The molecule has 0 heterocycles. The van der Waals surface area contributed by atoms with Crippen molar-refractivity contribution in [3.05, 3.63) is 0 Å². The van der Waals surface area contributed by atoms with E-state index in [2.05, 4.69) is 0 Å². The molecule has 0 saturated heterocycles. The van der Waals surface area contributed by atoms with E-state index in [1.54, 1.807) is 107 Å². The van der Waals surface area contributed by atoms with Crippen LogP contribution in [0.4, 0.5) is 0 Å². The van der Waals surface area contributed by atoms with Crippen LogP contribution in [0.5, 0.6) is 0 Å². The van der Waals surface area contributed by atoms with Gasteiger partial charge in [0.2, 0.25) is 0 Å². The summed E-state index contributed by atoms with van der Waals surface area (Å²) in [4.78, 5) is 0. The molecule has 0 nitrogen and oxygen atoms in total. The highest BCUT2D eigenvalue weighted by atomic mass is 33.6. The van der Waals surface area contributed by atoms with Gasteiger partial charge < -0.3 is 0 Å². The Morgan fingerprint density at radius 1 is 0.0407 bits per heavy atom. The molecule has 0 aromatic heterocycles. The van der Waals surface area contributed by atoms with Gasteiger partial charge in [0.1, 0.15) is 0 Å². The van der Waals surface area contributed by atoms with Gasteiger partial charge in [0, 0.05) is 1100 Å². The van der Waals surface area contributed by atoms with Gasteiger partial charge in [0.25, 0.3) is 0 Å². The van der Waals surface area contributed by atoms with Crippen LogP contribution in [0.25, 0.3) is 0 Å². The van der Waals surface area contributed by atoms with E-state index in [9.17, 15) is 0 Å². The van der Waals surface area contributed by atoms with Gasteiger partial charge in [-0.05, 0) is 0 Å². The normalized spacial score (nSPS) is 7.90. The number of hydrogen-bond donors (Lipinski definition) is 0. The van der Waals surface area contributed by atoms with Crippen LogP contribution in [0.2, 0.25) is 0 Å². The van der Waals surface area contributed by atoms with Gasteiger partial charge in [-0.25, -0.2) is 0 Å². The van der Waals surface area contributed by atoms with Crippen LogP contribution < -0.4 is 0 Å². The maximum atomic E-state index is 4.83. The summed E-state index contributed by atoms with van der Waals surface area (Å²) in [5, 5.41) is 0. The lowest BCUT2D eigenvalue weighted by atomic mass is 30.7. The van der Waals surface area contributed by atoms with Crippen LogP contribution in [0.3, 0.4) is 0 Å². The third-order valence-electron chi connectivity index (χ3n) is 3.33. The quantitative estimate of drug-likeness (QED) is 0.328. The molecule has 123 heteroatoms. The molecular weight excluding hydrogens is 3940 g/mol. The van der Waals surface area contributed by atoms with Crippen molar-refractivity contribution in [2.45, 2.75) is 0 Å². The van der Waals surface area contributed by atoms with E-state index in [-0.39, 0.29) is 0 Å². The van der Waals surface area contributed by atoms with Crippen LogP contribution in [0, 0.1) is 0 Å². The minimum Gasteiger partial charge on any atom is 0 e. The van der Waals surface area contributed by atoms with Crippen LogP contribution >= 0.6 is 0 Å². The summed E-state index contributed by atoms with van der Waals surface area (Å²) in [5.74, 6) is 0. The first kappa shape index (κ1) is 150. The maximum Gasteiger partial charge on any atom is 0 e. The van der Waals surface area contributed by atoms with Crippen molar-refractivity contribution in [1.29, 1.82) is 0 Å². The summed E-state index contributed by atoms with van der Waals surface area (Å²) in [6.45, 7) is 0. The lowest BCUT2D eigenvalue weighted by molar-refractivity contribution is 5.95. The van der Waals surface area contributed by atoms with Crippen molar-refractivity contribution in [2.75, 3.05) is 0 Å². The van der Waals surface area contributed by atoms with Gasteiger partial charge in [0.05, 0.1) is 0 Å². The van der Waals surface area contributed by atoms with Crippen molar-refractivity contribution in [2.24, 2.45) is 0 Å². The first-order valence-corrected chi connectivity index (χ1v) is 183. The molecule has 0 amide bonds. The van der Waals surface area contributed by atoms with E-state index >= 15 is 0 Å². The van der Waals surface area contributed by atoms with Gasteiger partial charge in [-0.2, -0.15) is 0 Å². The molecule has 0 N–H and O–H groups in total. The van der Waals surface area contributed by atoms with Gasteiger partial charge in [0.15, 0.2) is 0 Å². The van der Waals surface area contributed by atoms with Gasteiger partial charge >= 0.3 is 0 Å². The summed E-state index contributed by atoms with van der Waals surface area (Å²) in [6, 6.07) is 0. The summed E-state index contributed by atoms with van der Waals surface area (Å²) in [5.41, 5.74) is 0. The van der Waals surface area contributed by atoms with Crippen molar-refractivity contribution < 1.29 is 0 Å². The third-order valence-corrected chi connectivity index (χ3v) is 270. The largest absolute Gasteiger partial charge is 0 e. The molecule has 738 valence electrons. The Labute approximate surface area is 1060 Å². The average Bonchev–Trinajstić information content (AvgIpc) is 1.42. The fourth-order valence-corrected chi connectivity index (χ4v) is 328. The monoisotopic (exact) mass is 3930 g/mol. The second-order valence-corrected chi connectivity index (χ2v) is 222. The van der Waals surface area contributed by atoms with E-state index in [1.807, 2.05) is 950 Å². The predicted molar refractivity (Wildman–Crippen MR) is 906 cm³/mol. The summed E-state index contributed by atoms with van der Waals surface area (Å²) < 4.78 is 0. The molecular formula is S123. The minimum absolute atomic E-state index is 1.37. The van der Waals surface area contributed by atoms with Crippen LogP contribution in [0.15, 0.2) is 0 Å². The van der Waals surface area contributed by atoms with Crippen LogP contribution in [0.1, 0.15) is 0 Å². The van der Waals surface area contributed by atoms with E-state index < -0.39 is 0 Å². The number of hydrogen-bond acceptors (Lipinski definition) is 2. The zero-order chi connectivity index (χ0) is 87.6. The van der Waals surface area contributed by atoms with E-state index in [0.717, 1.165) is 0 Å². The highest BCUT2D eigenvalue weighted by Crippen LogP contribution is 1.53. The molecule has 0 radical (unpaired) electrons.